The van der Waals surface area contributed by atoms with E-state index in [1.807, 2.05) is 0 Å². The molecular formula is C22H25NSi. The third-order valence-corrected chi connectivity index (χ3v) is 6.82. The smallest absolute Gasteiger partial charge is 0.0799 e. The van der Waals surface area contributed by atoms with Crippen LogP contribution < -0.4 is 5.19 Å². The highest BCUT2D eigenvalue weighted by Crippen LogP contribution is 2.28. The molecule has 3 aromatic rings. The van der Waals surface area contributed by atoms with Crippen LogP contribution in [0.3, 0.4) is 0 Å². The molecule has 0 bridgehead atoms. The first-order valence-corrected chi connectivity index (χ1v) is 12.0. The van der Waals surface area contributed by atoms with E-state index in [0.29, 0.717) is 0 Å². The minimum atomic E-state index is -1.36. The van der Waals surface area contributed by atoms with Crippen LogP contribution in [-0.2, 0) is 0 Å². The first-order chi connectivity index (χ1) is 11.4. The molecule has 0 aliphatic carbocycles. The van der Waals surface area contributed by atoms with Crippen LogP contribution in [0.25, 0.3) is 22.4 Å². The van der Waals surface area contributed by atoms with E-state index >= 15 is 0 Å². The molecule has 3 rings (SSSR count). The largest absolute Gasteiger partial charge is 0.256 e. The summed E-state index contributed by atoms with van der Waals surface area (Å²) in [5.41, 5.74) is 7.49. The van der Waals surface area contributed by atoms with E-state index in [4.69, 9.17) is 4.98 Å². The summed E-state index contributed by atoms with van der Waals surface area (Å²) < 4.78 is 0. The Morgan fingerprint density at radius 1 is 0.708 bits per heavy atom. The van der Waals surface area contributed by atoms with Crippen molar-refractivity contribution in [1.29, 1.82) is 0 Å². The lowest BCUT2D eigenvalue weighted by molar-refractivity contribution is 1.23. The Kier molecular flexibility index (Phi) is 4.42. The third kappa shape index (κ3) is 3.20. The Morgan fingerprint density at radius 3 is 2.00 bits per heavy atom. The van der Waals surface area contributed by atoms with Gasteiger partial charge in [-0.05, 0) is 47.4 Å². The second-order valence-corrected chi connectivity index (χ2v) is 12.5. The molecule has 0 spiro atoms. The fraction of sp³-hybridized carbons (Fsp3) is 0.227. The molecule has 24 heavy (non-hydrogen) atoms. The average molecular weight is 332 g/mol. The Labute approximate surface area is 146 Å². The summed E-state index contributed by atoms with van der Waals surface area (Å²) in [7, 11) is -1.36. The van der Waals surface area contributed by atoms with E-state index in [1.54, 1.807) is 0 Å². The summed E-state index contributed by atoms with van der Waals surface area (Å²) in [6.07, 6.45) is 2.11. The zero-order valence-electron chi connectivity index (χ0n) is 15.2. The van der Waals surface area contributed by atoms with Gasteiger partial charge in [-0.25, -0.2) is 0 Å². The van der Waals surface area contributed by atoms with E-state index in [-0.39, 0.29) is 0 Å². The standard InChI is InChI=1S/C22H25NSi/c1-16-17(2)22(23-15-21(16)24(3,4)5)20-13-9-12-19(14-20)18-10-7-6-8-11-18/h6-15H,1-5H3. The fourth-order valence-corrected chi connectivity index (χ4v) is 4.99. The normalized spacial score (nSPS) is 11.5. The molecule has 0 radical (unpaired) electrons. The van der Waals surface area contributed by atoms with Crippen molar-refractivity contribution in [1.82, 2.24) is 4.98 Å². The minimum absolute atomic E-state index is 1.10. The van der Waals surface area contributed by atoms with Gasteiger partial charge in [-0.15, -0.1) is 0 Å². The monoisotopic (exact) mass is 331 g/mol. The molecular weight excluding hydrogens is 306 g/mol. The highest BCUT2D eigenvalue weighted by Gasteiger charge is 2.21. The number of hydrogen-bond donors (Lipinski definition) is 0. The van der Waals surface area contributed by atoms with Gasteiger partial charge < -0.3 is 0 Å². The van der Waals surface area contributed by atoms with E-state index in [2.05, 4.69) is 94.3 Å². The van der Waals surface area contributed by atoms with Crippen molar-refractivity contribution < 1.29 is 0 Å². The minimum Gasteiger partial charge on any atom is -0.256 e. The van der Waals surface area contributed by atoms with Gasteiger partial charge in [0.25, 0.3) is 0 Å². The van der Waals surface area contributed by atoms with Gasteiger partial charge in [0, 0.05) is 11.8 Å². The van der Waals surface area contributed by atoms with Crippen molar-refractivity contribution in [3.63, 3.8) is 0 Å². The molecule has 0 saturated carbocycles. The molecule has 1 aromatic heterocycles. The molecule has 0 unspecified atom stereocenters. The fourth-order valence-electron chi connectivity index (χ4n) is 3.23. The number of hydrogen-bond acceptors (Lipinski definition) is 1. The Morgan fingerprint density at radius 2 is 1.33 bits per heavy atom. The van der Waals surface area contributed by atoms with Crippen LogP contribution in [-0.4, -0.2) is 13.1 Å². The Balaban J connectivity index is 2.09. The molecule has 0 aliphatic rings. The first kappa shape index (κ1) is 16.7. The zero-order chi connectivity index (χ0) is 17.3. The van der Waals surface area contributed by atoms with Gasteiger partial charge in [-0.3, -0.25) is 4.98 Å². The van der Waals surface area contributed by atoms with E-state index in [1.165, 1.54) is 33.0 Å². The number of nitrogens with zero attached hydrogens (tertiary/aromatic N) is 1. The van der Waals surface area contributed by atoms with Crippen molar-refractivity contribution in [2.45, 2.75) is 33.5 Å². The molecule has 1 heterocycles. The highest BCUT2D eigenvalue weighted by molar-refractivity contribution is 6.89. The summed E-state index contributed by atoms with van der Waals surface area (Å²) in [5.74, 6) is 0. The molecule has 2 heteroatoms. The van der Waals surface area contributed by atoms with Crippen LogP contribution in [0.4, 0.5) is 0 Å². The van der Waals surface area contributed by atoms with Gasteiger partial charge in [0.2, 0.25) is 0 Å². The van der Waals surface area contributed by atoms with Gasteiger partial charge in [-0.1, -0.05) is 68.2 Å². The molecule has 2 aromatic carbocycles. The second kappa shape index (κ2) is 6.37. The van der Waals surface area contributed by atoms with Crippen LogP contribution in [0.5, 0.6) is 0 Å². The molecule has 0 saturated heterocycles. The predicted molar refractivity (Wildman–Crippen MR) is 108 cm³/mol. The summed E-state index contributed by atoms with van der Waals surface area (Å²) in [5, 5.41) is 1.46. The molecule has 0 amide bonds. The molecule has 1 nitrogen and oxygen atoms in total. The van der Waals surface area contributed by atoms with Gasteiger partial charge in [0.1, 0.15) is 0 Å². The number of pyridine rings is 1. The quantitative estimate of drug-likeness (QED) is 0.571. The highest BCUT2D eigenvalue weighted by atomic mass is 28.3. The molecule has 0 N–H and O–H groups in total. The van der Waals surface area contributed by atoms with Crippen molar-refractivity contribution in [2.75, 3.05) is 0 Å². The van der Waals surface area contributed by atoms with Crippen molar-refractivity contribution >= 4 is 13.3 Å². The lowest BCUT2D eigenvalue weighted by Gasteiger charge is -2.22. The zero-order valence-corrected chi connectivity index (χ0v) is 16.2. The maximum Gasteiger partial charge on any atom is 0.0799 e. The maximum absolute atomic E-state index is 4.85. The third-order valence-electron chi connectivity index (χ3n) is 4.70. The first-order valence-electron chi connectivity index (χ1n) is 8.50. The number of rotatable bonds is 3. The molecule has 122 valence electrons. The van der Waals surface area contributed by atoms with E-state index in [0.717, 1.165) is 5.69 Å². The number of benzene rings is 2. The van der Waals surface area contributed by atoms with Gasteiger partial charge in [-0.2, -0.15) is 0 Å². The van der Waals surface area contributed by atoms with Gasteiger partial charge in [0.05, 0.1) is 13.8 Å². The van der Waals surface area contributed by atoms with Crippen LogP contribution >= 0.6 is 0 Å². The second-order valence-electron chi connectivity index (χ2n) is 7.47. The molecule has 0 aliphatic heterocycles. The molecule has 0 atom stereocenters. The Bertz CT molecular complexity index is 861. The predicted octanol–water partition coefficient (Wildman–Crippen LogP) is 5.58. The SMILES string of the molecule is Cc1c([Si](C)(C)C)cnc(-c2cccc(-c3ccccc3)c2)c1C. The summed E-state index contributed by atoms with van der Waals surface area (Å²) in [4.78, 5) is 4.85. The Hall–Kier alpha value is -2.19. The van der Waals surface area contributed by atoms with E-state index < -0.39 is 8.07 Å². The van der Waals surface area contributed by atoms with Crippen molar-refractivity contribution in [2.24, 2.45) is 0 Å². The van der Waals surface area contributed by atoms with Crippen LogP contribution in [0, 0.1) is 13.8 Å². The number of aromatic nitrogens is 1. The van der Waals surface area contributed by atoms with Crippen molar-refractivity contribution in [3.8, 4) is 22.4 Å². The van der Waals surface area contributed by atoms with Crippen LogP contribution in [0.1, 0.15) is 11.1 Å². The summed E-state index contributed by atoms with van der Waals surface area (Å²) >= 11 is 0. The van der Waals surface area contributed by atoms with Gasteiger partial charge in [0.15, 0.2) is 0 Å². The van der Waals surface area contributed by atoms with Crippen molar-refractivity contribution in [3.05, 3.63) is 71.9 Å². The van der Waals surface area contributed by atoms with Crippen LogP contribution in [0.2, 0.25) is 19.6 Å². The summed E-state index contributed by atoms with van der Waals surface area (Å²) in [6.45, 7) is 11.6. The van der Waals surface area contributed by atoms with Gasteiger partial charge >= 0.3 is 0 Å². The topological polar surface area (TPSA) is 12.9 Å². The average Bonchev–Trinajstić information content (AvgIpc) is 2.57. The maximum atomic E-state index is 4.85. The summed E-state index contributed by atoms with van der Waals surface area (Å²) in [6, 6.07) is 19.2. The van der Waals surface area contributed by atoms with Crippen LogP contribution in [0.15, 0.2) is 60.8 Å². The lowest BCUT2D eigenvalue weighted by atomic mass is 9.98. The van der Waals surface area contributed by atoms with E-state index in [9.17, 15) is 0 Å². The molecule has 0 fully saturated rings. The lowest BCUT2D eigenvalue weighted by Crippen LogP contribution is -2.40.